The van der Waals surface area contributed by atoms with Crippen LogP contribution in [0.15, 0.2) is 23.3 Å². The molecule has 0 spiro atoms. The van der Waals surface area contributed by atoms with Crippen LogP contribution in [0.3, 0.4) is 0 Å². The van der Waals surface area contributed by atoms with Gasteiger partial charge in [0, 0.05) is 11.9 Å². The molecule has 0 saturated heterocycles. The molecule has 0 atom stereocenters. The predicted molar refractivity (Wildman–Crippen MR) is 76.1 cm³/mol. The molecular formula is C12H15ClN2OS. The first-order chi connectivity index (χ1) is 8.06. The Balaban J connectivity index is 2.87. The predicted octanol–water partition coefficient (Wildman–Crippen LogP) is 3.72. The third kappa shape index (κ3) is 4.06. The first kappa shape index (κ1) is 14.1. The highest BCUT2D eigenvalue weighted by molar-refractivity contribution is 8.15. The maximum absolute atomic E-state index is 11.3. The van der Waals surface area contributed by atoms with Gasteiger partial charge in [0.05, 0.1) is 5.69 Å². The second kappa shape index (κ2) is 6.67. The number of carbonyl (C=O) groups is 1. The van der Waals surface area contributed by atoms with E-state index in [0.717, 1.165) is 17.0 Å². The van der Waals surface area contributed by atoms with Crippen molar-refractivity contribution in [3.8, 4) is 0 Å². The molecule has 17 heavy (non-hydrogen) atoms. The van der Waals surface area contributed by atoms with Crippen molar-refractivity contribution < 1.29 is 4.79 Å². The van der Waals surface area contributed by atoms with Gasteiger partial charge < -0.3 is 0 Å². The number of anilines is 1. The molecule has 0 fully saturated rings. The minimum atomic E-state index is -0.0379. The van der Waals surface area contributed by atoms with Gasteiger partial charge in [-0.2, -0.15) is 5.10 Å². The van der Waals surface area contributed by atoms with Crippen LogP contribution in [0, 0.1) is 6.92 Å². The molecule has 0 unspecified atom stereocenters. The number of rotatable bonds is 4. The molecule has 1 N–H and O–H groups in total. The van der Waals surface area contributed by atoms with Gasteiger partial charge in [0.25, 0.3) is 0 Å². The van der Waals surface area contributed by atoms with Crippen LogP contribution in [0.4, 0.5) is 5.69 Å². The smallest absolute Gasteiger partial charge is 0.186 e. The van der Waals surface area contributed by atoms with Gasteiger partial charge in [-0.15, -0.1) is 11.8 Å². The number of carbonyl (C=O) groups excluding carboxylic acids is 1. The summed E-state index contributed by atoms with van der Waals surface area (Å²) in [5.41, 5.74) is 4.61. The van der Waals surface area contributed by atoms with E-state index in [4.69, 9.17) is 11.6 Å². The average molecular weight is 271 g/mol. The number of hydrogen-bond donors (Lipinski definition) is 1. The largest absolute Gasteiger partial charge is 0.292 e. The Kier molecular flexibility index (Phi) is 5.51. The summed E-state index contributed by atoms with van der Waals surface area (Å²) in [6, 6.07) is 5.53. The fourth-order valence-corrected chi connectivity index (χ4v) is 1.95. The van der Waals surface area contributed by atoms with Crippen LogP contribution in [0.2, 0.25) is 5.02 Å². The topological polar surface area (TPSA) is 41.5 Å². The van der Waals surface area contributed by atoms with Crippen LogP contribution < -0.4 is 5.43 Å². The zero-order chi connectivity index (χ0) is 12.8. The fourth-order valence-electron chi connectivity index (χ4n) is 1.19. The standard InChI is InChI=1S/C12H15ClN2OS/c1-4-17-12(9(3)16)15-14-11-7-5-6-10(13)8(11)2/h5-7,14H,4H2,1-3H3/b15-12+. The van der Waals surface area contributed by atoms with Crippen molar-refractivity contribution in [2.75, 3.05) is 11.2 Å². The number of nitrogens with zero attached hydrogens (tertiary/aromatic N) is 1. The summed E-state index contributed by atoms with van der Waals surface area (Å²) in [5.74, 6) is 0.776. The van der Waals surface area contributed by atoms with Crippen LogP contribution in [-0.2, 0) is 4.79 Å². The van der Waals surface area contributed by atoms with Crippen molar-refractivity contribution >= 4 is 39.9 Å². The maximum Gasteiger partial charge on any atom is 0.186 e. The van der Waals surface area contributed by atoms with E-state index < -0.39 is 0 Å². The SMILES string of the molecule is CCS/C(=N/Nc1cccc(Cl)c1C)C(C)=O. The summed E-state index contributed by atoms with van der Waals surface area (Å²) >= 11 is 7.41. The first-order valence-corrected chi connectivity index (χ1v) is 6.65. The molecule has 0 radical (unpaired) electrons. The fraction of sp³-hybridized carbons (Fsp3) is 0.333. The average Bonchev–Trinajstić information content (AvgIpc) is 2.29. The lowest BCUT2D eigenvalue weighted by molar-refractivity contribution is -0.110. The first-order valence-electron chi connectivity index (χ1n) is 5.28. The van der Waals surface area contributed by atoms with E-state index in [1.165, 1.54) is 18.7 Å². The van der Waals surface area contributed by atoms with Gasteiger partial charge in [-0.1, -0.05) is 24.6 Å². The Hall–Kier alpha value is -1.00. The molecule has 3 nitrogen and oxygen atoms in total. The highest BCUT2D eigenvalue weighted by atomic mass is 35.5. The summed E-state index contributed by atoms with van der Waals surface area (Å²) in [6.45, 7) is 5.39. The van der Waals surface area contributed by atoms with Crippen LogP contribution in [0.5, 0.6) is 0 Å². The van der Waals surface area contributed by atoms with Crippen molar-refractivity contribution in [3.63, 3.8) is 0 Å². The lowest BCUT2D eigenvalue weighted by atomic mass is 10.2. The molecule has 0 bridgehead atoms. The molecular weight excluding hydrogens is 256 g/mol. The lowest BCUT2D eigenvalue weighted by Crippen LogP contribution is -2.08. The zero-order valence-electron chi connectivity index (χ0n) is 10.1. The molecule has 1 rings (SSSR count). The van der Waals surface area contributed by atoms with Crippen LogP contribution in [0.1, 0.15) is 19.4 Å². The Labute approximate surface area is 111 Å². The van der Waals surface area contributed by atoms with Crippen molar-refractivity contribution in [2.24, 2.45) is 5.10 Å². The summed E-state index contributed by atoms with van der Waals surface area (Å²) < 4.78 is 0. The number of ketones is 1. The van der Waals surface area contributed by atoms with Gasteiger partial charge >= 0.3 is 0 Å². The van der Waals surface area contributed by atoms with Crippen molar-refractivity contribution in [3.05, 3.63) is 28.8 Å². The molecule has 0 heterocycles. The molecule has 0 amide bonds. The van der Waals surface area contributed by atoms with Gasteiger partial charge in [0.1, 0.15) is 0 Å². The van der Waals surface area contributed by atoms with E-state index in [-0.39, 0.29) is 5.78 Å². The lowest BCUT2D eigenvalue weighted by Gasteiger charge is -2.07. The maximum atomic E-state index is 11.3. The number of Topliss-reactive ketones (excluding diaryl/α,β-unsaturated/α-hetero) is 1. The van der Waals surface area contributed by atoms with Gasteiger partial charge in [-0.05, 0) is 30.4 Å². The Bertz CT molecular complexity index is 446. The Morgan fingerprint density at radius 3 is 2.82 bits per heavy atom. The van der Waals surface area contributed by atoms with Gasteiger partial charge in [-0.3, -0.25) is 10.2 Å². The van der Waals surface area contributed by atoms with Gasteiger partial charge in [-0.25, -0.2) is 0 Å². The molecule has 1 aromatic rings. The second-order valence-corrected chi connectivity index (χ2v) is 5.09. The van der Waals surface area contributed by atoms with E-state index in [9.17, 15) is 4.79 Å². The highest BCUT2D eigenvalue weighted by Gasteiger charge is 2.06. The summed E-state index contributed by atoms with van der Waals surface area (Å²) in [6.07, 6.45) is 0. The number of thioether (sulfide) groups is 1. The number of nitrogens with one attached hydrogen (secondary N) is 1. The summed E-state index contributed by atoms with van der Waals surface area (Å²) in [7, 11) is 0. The molecule has 0 saturated carbocycles. The van der Waals surface area contributed by atoms with E-state index in [1.807, 2.05) is 32.0 Å². The molecule has 0 aliphatic rings. The van der Waals surface area contributed by atoms with E-state index in [1.54, 1.807) is 0 Å². The number of hydrazone groups is 1. The van der Waals surface area contributed by atoms with E-state index >= 15 is 0 Å². The van der Waals surface area contributed by atoms with Crippen molar-refractivity contribution in [1.29, 1.82) is 0 Å². The molecule has 0 aromatic heterocycles. The Morgan fingerprint density at radius 1 is 1.53 bits per heavy atom. The van der Waals surface area contributed by atoms with Crippen molar-refractivity contribution in [1.82, 2.24) is 0 Å². The highest BCUT2D eigenvalue weighted by Crippen LogP contribution is 2.23. The molecule has 5 heteroatoms. The normalized spacial score (nSPS) is 11.4. The minimum Gasteiger partial charge on any atom is -0.292 e. The molecule has 0 aliphatic carbocycles. The number of halogens is 1. The molecule has 92 valence electrons. The second-order valence-electron chi connectivity index (χ2n) is 3.43. The minimum absolute atomic E-state index is 0.0379. The number of hydrogen-bond acceptors (Lipinski definition) is 4. The summed E-state index contributed by atoms with van der Waals surface area (Å²) in [4.78, 5) is 11.3. The van der Waals surface area contributed by atoms with E-state index in [2.05, 4.69) is 10.5 Å². The van der Waals surface area contributed by atoms with E-state index in [0.29, 0.717) is 10.1 Å². The van der Waals surface area contributed by atoms with Crippen molar-refractivity contribution in [2.45, 2.75) is 20.8 Å². The third-order valence-electron chi connectivity index (χ3n) is 2.13. The van der Waals surface area contributed by atoms with Crippen LogP contribution >= 0.6 is 23.4 Å². The quantitative estimate of drug-likeness (QED) is 0.515. The summed E-state index contributed by atoms with van der Waals surface area (Å²) in [5, 5.41) is 5.26. The number of benzene rings is 1. The molecule has 0 aliphatic heterocycles. The third-order valence-corrected chi connectivity index (χ3v) is 3.48. The monoisotopic (exact) mass is 270 g/mol. The van der Waals surface area contributed by atoms with Crippen LogP contribution in [0.25, 0.3) is 0 Å². The molecule has 1 aromatic carbocycles. The van der Waals surface area contributed by atoms with Crippen LogP contribution in [-0.4, -0.2) is 16.6 Å². The zero-order valence-corrected chi connectivity index (χ0v) is 11.7. The van der Waals surface area contributed by atoms with Gasteiger partial charge in [0.15, 0.2) is 10.8 Å². The van der Waals surface area contributed by atoms with Gasteiger partial charge in [0.2, 0.25) is 0 Å². The Morgan fingerprint density at radius 2 is 2.24 bits per heavy atom.